The zero-order chi connectivity index (χ0) is 20.9. The van der Waals surface area contributed by atoms with Crippen LogP contribution in [0.1, 0.15) is 36.5 Å². The number of terminal acetylenes is 1. The second-order valence-corrected chi connectivity index (χ2v) is 7.86. The molecule has 1 aliphatic heterocycles. The van der Waals surface area contributed by atoms with E-state index in [1.165, 1.54) is 11.3 Å². The molecule has 0 spiro atoms. The molecule has 1 aliphatic rings. The van der Waals surface area contributed by atoms with Crippen molar-refractivity contribution in [2.24, 2.45) is 4.99 Å². The van der Waals surface area contributed by atoms with E-state index in [-0.39, 0.29) is 12.7 Å². The standard InChI is InChI=1S/C23H22N2O4S/c1-3-5-6-11-27-17-9-7-8-16(12-17)22(26)24-23-25(10-4-2)18-13-19-20(29-15-28-19)14-21(18)30-23/h2,7-9,12-14H,3,5-6,10-11,15H2,1H3. The summed E-state index contributed by atoms with van der Waals surface area (Å²) >= 11 is 1.39. The van der Waals surface area contributed by atoms with Gasteiger partial charge in [0.05, 0.1) is 23.4 Å². The van der Waals surface area contributed by atoms with Gasteiger partial charge in [-0.2, -0.15) is 4.99 Å². The lowest BCUT2D eigenvalue weighted by Crippen LogP contribution is -2.16. The van der Waals surface area contributed by atoms with Gasteiger partial charge in [-0.15, -0.1) is 6.42 Å². The number of fused-ring (bicyclic) bond motifs is 2. The van der Waals surface area contributed by atoms with E-state index in [0.29, 0.717) is 40.8 Å². The first-order valence-electron chi connectivity index (χ1n) is 9.88. The van der Waals surface area contributed by atoms with E-state index in [4.69, 9.17) is 20.6 Å². The normalized spacial score (nSPS) is 12.9. The Labute approximate surface area is 178 Å². The van der Waals surface area contributed by atoms with Crippen LogP contribution in [0.3, 0.4) is 0 Å². The van der Waals surface area contributed by atoms with Crippen molar-refractivity contribution in [3.8, 4) is 29.6 Å². The highest BCUT2D eigenvalue weighted by Gasteiger charge is 2.18. The van der Waals surface area contributed by atoms with Crippen molar-refractivity contribution in [1.29, 1.82) is 0 Å². The number of rotatable bonds is 7. The molecule has 2 heterocycles. The van der Waals surface area contributed by atoms with Crippen molar-refractivity contribution in [3.05, 3.63) is 46.8 Å². The Morgan fingerprint density at radius 2 is 2.10 bits per heavy atom. The number of amides is 1. The van der Waals surface area contributed by atoms with E-state index in [9.17, 15) is 4.79 Å². The molecule has 0 atom stereocenters. The highest BCUT2D eigenvalue weighted by Crippen LogP contribution is 2.36. The number of benzene rings is 2. The number of nitrogens with zero attached hydrogens (tertiary/aromatic N) is 2. The molecular weight excluding hydrogens is 400 g/mol. The first-order chi connectivity index (χ1) is 14.7. The van der Waals surface area contributed by atoms with Crippen LogP contribution in [0.4, 0.5) is 0 Å². The van der Waals surface area contributed by atoms with Gasteiger partial charge >= 0.3 is 0 Å². The summed E-state index contributed by atoms with van der Waals surface area (Å²) in [5.74, 6) is 4.31. The fourth-order valence-corrected chi connectivity index (χ4v) is 4.24. The van der Waals surface area contributed by atoms with Crippen molar-refractivity contribution >= 4 is 27.5 Å². The molecule has 0 N–H and O–H groups in total. The molecule has 4 rings (SSSR count). The SMILES string of the molecule is C#CCn1c(=NC(=O)c2cccc(OCCCCC)c2)sc2cc3c(cc21)OCO3. The first kappa shape index (κ1) is 20.0. The highest BCUT2D eigenvalue weighted by atomic mass is 32.1. The van der Waals surface area contributed by atoms with Gasteiger partial charge < -0.3 is 18.8 Å². The van der Waals surface area contributed by atoms with Gasteiger partial charge in [-0.25, -0.2) is 0 Å². The molecule has 30 heavy (non-hydrogen) atoms. The molecular formula is C23H22N2O4S. The number of thiazole rings is 1. The van der Waals surface area contributed by atoms with Crippen LogP contribution >= 0.6 is 11.3 Å². The summed E-state index contributed by atoms with van der Waals surface area (Å²) in [6.45, 7) is 3.28. The largest absolute Gasteiger partial charge is 0.494 e. The Morgan fingerprint density at radius 3 is 2.90 bits per heavy atom. The number of aromatic nitrogens is 1. The van der Waals surface area contributed by atoms with E-state index in [1.807, 2.05) is 22.8 Å². The highest BCUT2D eigenvalue weighted by molar-refractivity contribution is 7.16. The van der Waals surface area contributed by atoms with Crippen LogP contribution in [0.15, 0.2) is 41.4 Å². The summed E-state index contributed by atoms with van der Waals surface area (Å²) in [6, 6.07) is 10.9. The van der Waals surface area contributed by atoms with Crippen molar-refractivity contribution < 1.29 is 19.0 Å². The predicted octanol–water partition coefficient (Wildman–Crippen LogP) is 4.37. The van der Waals surface area contributed by atoms with Crippen molar-refractivity contribution in [2.75, 3.05) is 13.4 Å². The van der Waals surface area contributed by atoms with Crippen LogP contribution in [0, 0.1) is 12.3 Å². The van der Waals surface area contributed by atoms with Gasteiger partial charge in [0.25, 0.3) is 5.91 Å². The second kappa shape index (κ2) is 9.06. The summed E-state index contributed by atoms with van der Waals surface area (Å²) in [5.41, 5.74) is 1.34. The number of unbranched alkanes of at least 4 members (excludes halogenated alkanes) is 2. The first-order valence-corrected chi connectivity index (χ1v) is 10.7. The van der Waals surface area contributed by atoms with Crippen LogP contribution in [0.2, 0.25) is 0 Å². The number of hydrogen-bond acceptors (Lipinski definition) is 5. The fourth-order valence-electron chi connectivity index (χ4n) is 3.20. The Balaban J connectivity index is 1.65. The third kappa shape index (κ3) is 4.19. The minimum atomic E-state index is -0.341. The van der Waals surface area contributed by atoms with Crippen LogP contribution in [-0.4, -0.2) is 23.9 Å². The molecule has 0 saturated heterocycles. The molecule has 1 aromatic heterocycles. The van der Waals surface area contributed by atoms with E-state index < -0.39 is 0 Å². The number of hydrogen-bond donors (Lipinski definition) is 0. The molecule has 0 bridgehead atoms. The zero-order valence-electron chi connectivity index (χ0n) is 16.7. The molecule has 3 aromatic rings. The second-order valence-electron chi connectivity index (χ2n) is 6.85. The molecule has 6 nitrogen and oxygen atoms in total. The number of carbonyl (C=O) groups is 1. The molecule has 1 amide bonds. The smallest absolute Gasteiger partial charge is 0.279 e. The van der Waals surface area contributed by atoms with Gasteiger partial charge in [0, 0.05) is 17.7 Å². The molecule has 0 radical (unpaired) electrons. The van der Waals surface area contributed by atoms with Gasteiger partial charge in [-0.1, -0.05) is 43.1 Å². The van der Waals surface area contributed by atoms with E-state index >= 15 is 0 Å². The Kier molecular flexibility index (Phi) is 6.05. The lowest BCUT2D eigenvalue weighted by molar-refractivity contribution is 0.0997. The summed E-state index contributed by atoms with van der Waals surface area (Å²) in [5, 5.41) is 0. The molecule has 0 aliphatic carbocycles. The number of carbonyl (C=O) groups excluding carboxylic acids is 1. The zero-order valence-corrected chi connectivity index (χ0v) is 17.5. The fraction of sp³-hybridized carbons (Fsp3) is 0.304. The quantitative estimate of drug-likeness (QED) is 0.419. The Morgan fingerprint density at radius 1 is 1.27 bits per heavy atom. The van der Waals surface area contributed by atoms with E-state index in [0.717, 1.165) is 29.5 Å². The van der Waals surface area contributed by atoms with Gasteiger partial charge in [-0.3, -0.25) is 4.79 Å². The summed E-state index contributed by atoms with van der Waals surface area (Å²) in [7, 11) is 0. The van der Waals surface area contributed by atoms with Crippen LogP contribution in [0.5, 0.6) is 17.2 Å². The third-order valence-electron chi connectivity index (χ3n) is 4.72. The maximum absolute atomic E-state index is 12.8. The lowest BCUT2D eigenvalue weighted by atomic mass is 10.2. The lowest BCUT2D eigenvalue weighted by Gasteiger charge is -2.06. The molecule has 0 saturated carbocycles. The number of ether oxygens (including phenoxy) is 3. The van der Waals surface area contributed by atoms with Gasteiger partial charge in [-0.05, 0) is 24.6 Å². The molecule has 154 valence electrons. The average Bonchev–Trinajstić information content (AvgIpc) is 3.34. The van der Waals surface area contributed by atoms with Gasteiger partial charge in [0.15, 0.2) is 16.3 Å². The van der Waals surface area contributed by atoms with Crippen molar-refractivity contribution in [2.45, 2.75) is 32.7 Å². The van der Waals surface area contributed by atoms with Gasteiger partial charge in [0.2, 0.25) is 6.79 Å². The minimum absolute atomic E-state index is 0.203. The minimum Gasteiger partial charge on any atom is -0.494 e. The summed E-state index contributed by atoms with van der Waals surface area (Å²) in [6.07, 6.45) is 8.80. The third-order valence-corrected chi connectivity index (χ3v) is 5.76. The van der Waals surface area contributed by atoms with E-state index in [2.05, 4.69) is 17.8 Å². The topological polar surface area (TPSA) is 62.1 Å². The molecule has 7 heteroatoms. The van der Waals surface area contributed by atoms with Crippen LogP contribution in [0.25, 0.3) is 10.2 Å². The van der Waals surface area contributed by atoms with Gasteiger partial charge in [0.1, 0.15) is 5.75 Å². The average molecular weight is 423 g/mol. The molecule has 2 aromatic carbocycles. The van der Waals surface area contributed by atoms with E-state index in [1.54, 1.807) is 18.2 Å². The Bertz CT molecular complexity index is 1190. The maximum Gasteiger partial charge on any atom is 0.279 e. The Hall–Kier alpha value is -3.24. The summed E-state index contributed by atoms with van der Waals surface area (Å²) in [4.78, 5) is 17.7. The predicted molar refractivity (Wildman–Crippen MR) is 116 cm³/mol. The van der Waals surface area contributed by atoms with Crippen molar-refractivity contribution in [3.63, 3.8) is 0 Å². The summed E-state index contributed by atoms with van der Waals surface area (Å²) < 4.78 is 19.4. The van der Waals surface area contributed by atoms with Crippen LogP contribution < -0.4 is 19.0 Å². The molecule has 0 fully saturated rings. The maximum atomic E-state index is 12.8. The monoisotopic (exact) mass is 422 g/mol. The molecule has 0 unspecified atom stereocenters. The van der Waals surface area contributed by atoms with Crippen LogP contribution in [-0.2, 0) is 6.54 Å². The van der Waals surface area contributed by atoms with Crippen molar-refractivity contribution in [1.82, 2.24) is 4.57 Å².